The number of fused-ring (bicyclic) bond motifs is 1. The van der Waals surface area contributed by atoms with E-state index in [9.17, 15) is 18.0 Å². The molecular formula is C28H29F3N6O3. The summed E-state index contributed by atoms with van der Waals surface area (Å²) >= 11 is 0. The number of para-hydroxylation sites is 1. The maximum atomic E-state index is 12.9. The predicted octanol–water partition coefficient (Wildman–Crippen LogP) is 5.39. The lowest BCUT2D eigenvalue weighted by Crippen LogP contribution is -2.47. The Labute approximate surface area is 228 Å². The fourth-order valence-electron chi connectivity index (χ4n) is 4.02. The van der Waals surface area contributed by atoms with Crippen molar-refractivity contribution in [3.8, 4) is 17.1 Å². The van der Waals surface area contributed by atoms with Gasteiger partial charge in [-0.15, -0.1) is 0 Å². The number of H-pyrrole nitrogens is 1. The van der Waals surface area contributed by atoms with Crippen LogP contribution in [0.3, 0.4) is 0 Å². The number of carbonyl (C=O) groups is 1. The molecule has 2 aromatic carbocycles. The predicted molar refractivity (Wildman–Crippen MR) is 147 cm³/mol. The topological polar surface area (TPSA) is 107 Å². The molecule has 2 aromatic heterocycles. The fourth-order valence-corrected chi connectivity index (χ4v) is 4.02. The van der Waals surface area contributed by atoms with Gasteiger partial charge in [-0.05, 0) is 37.4 Å². The van der Waals surface area contributed by atoms with Crippen molar-refractivity contribution in [2.24, 2.45) is 0 Å². The number of hydrogen-bond acceptors (Lipinski definition) is 7. The molecule has 0 aliphatic carbocycles. The minimum absolute atomic E-state index is 0.0218. The third-order valence-electron chi connectivity index (χ3n) is 6.27. The second kappa shape index (κ2) is 12.1. The van der Waals surface area contributed by atoms with E-state index < -0.39 is 11.9 Å². The lowest BCUT2D eigenvalue weighted by molar-refractivity contribution is -0.119. The highest BCUT2D eigenvalue weighted by molar-refractivity contribution is 5.95. The lowest BCUT2D eigenvalue weighted by Gasteiger charge is -2.32. The van der Waals surface area contributed by atoms with Gasteiger partial charge in [0.15, 0.2) is 5.76 Å². The van der Waals surface area contributed by atoms with Crippen LogP contribution in [0.25, 0.3) is 22.3 Å². The summed E-state index contributed by atoms with van der Waals surface area (Å²) < 4.78 is 38.1. The van der Waals surface area contributed by atoms with Gasteiger partial charge in [0.1, 0.15) is 17.3 Å². The third-order valence-corrected chi connectivity index (χ3v) is 6.27. The molecule has 0 saturated carbocycles. The summed E-state index contributed by atoms with van der Waals surface area (Å²) in [5, 5.41) is 12.0. The highest BCUT2D eigenvalue weighted by atomic mass is 19.4. The SMILES string of the molecule is C=C(O)C(F)(F)F.COc1cc(C(=O)N2CCN(C)CC2)ccc1Nc1cncc(-c2cc3ccccc3[nH]2)n1. The number of anilines is 2. The summed E-state index contributed by atoms with van der Waals surface area (Å²) in [6.45, 7) is 5.48. The molecule has 3 N–H and O–H groups in total. The second-order valence-electron chi connectivity index (χ2n) is 9.14. The van der Waals surface area contributed by atoms with Gasteiger partial charge in [-0.3, -0.25) is 9.78 Å². The maximum absolute atomic E-state index is 12.9. The smallest absolute Gasteiger partial charge is 0.448 e. The zero-order chi connectivity index (χ0) is 28.9. The van der Waals surface area contributed by atoms with Gasteiger partial charge in [-0.2, -0.15) is 13.2 Å². The second-order valence-corrected chi connectivity index (χ2v) is 9.14. The minimum Gasteiger partial charge on any atom is -0.505 e. The van der Waals surface area contributed by atoms with Crippen molar-refractivity contribution in [2.45, 2.75) is 6.18 Å². The van der Waals surface area contributed by atoms with Gasteiger partial charge in [0, 0.05) is 42.6 Å². The van der Waals surface area contributed by atoms with Crippen LogP contribution >= 0.6 is 0 Å². The molecule has 12 heteroatoms. The van der Waals surface area contributed by atoms with Crippen molar-refractivity contribution in [2.75, 3.05) is 45.7 Å². The Hall–Kier alpha value is -4.58. The van der Waals surface area contributed by atoms with Crippen molar-refractivity contribution in [1.29, 1.82) is 0 Å². The fraction of sp³-hybridized carbons (Fsp3) is 0.250. The first-order valence-electron chi connectivity index (χ1n) is 12.3. The minimum atomic E-state index is -4.64. The van der Waals surface area contributed by atoms with E-state index in [-0.39, 0.29) is 5.91 Å². The number of nitrogens with one attached hydrogen (secondary N) is 2. The van der Waals surface area contributed by atoms with E-state index in [0.29, 0.717) is 17.1 Å². The highest BCUT2D eigenvalue weighted by Crippen LogP contribution is 2.30. The van der Waals surface area contributed by atoms with Gasteiger partial charge in [-0.1, -0.05) is 24.8 Å². The van der Waals surface area contributed by atoms with Crippen LogP contribution in [0.2, 0.25) is 0 Å². The number of carbonyl (C=O) groups excluding carboxylic acids is 1. The van der Waals surface area contributed by atoms with E-state index in [2.05, 4.69) is 45.9 Å². The molecule has 0 unspecified atom stereocenters. The number of benzene rings is 2. The summed E-state index contributed by atoms with van der Waals surface area (Å²) in [6, 6.07) is 15.6. The quantitative estimate of drug-likeness (QED) is 0.284. The molecule has 9 nitrogen and oxygen atoms in total. The average Bonchev–Trinajstić information content (AvgIpc) is 3.38. The summed E-state index contributed by atoms with van der Waals surface area (Å²) in [4.78, 5) is 29.5. The number of amides is 1. The molecule has 210 valence electrons. The van der Waals surface area contributed by atoms with E-state index in [1.165, 1.54) is 0 Å². The van der Waals surface area contributed by atoms with Crippen LogP contribution < -0.4 is 10.1 Å². The molecule has 3 heterocycles. The number of piperazine rings is 1. The average molecular weight is 555 g/mol. The first-order valence-corrected chi connectivity index (χ1v) is 12.3. The number of aromatic amines is 1. The number of aromatic nitrogens is 3. The summed E-state index contributed by atoms with van der Waals surface area (Å²) in [7, 11) is 3.67. The molecule has 1 aliphatic heterocycles. The molecule has 1 saturated heterocycles. The van der Waals surface area contributed by atoms with Crippen LogP contribution in [0.5, 0.6) is 5.75 Å². The number of ether oxygens (including phenoxy) is 1. The molecule has 1 aliphatic rings. The van der Waals surface area contributed by atoms with Crippen LogP contribution in [0.1, 0.15) is 10.4 Å². The summed E-state index contributed by atoms with van der Waals surface area (Å²) in [5.41, 5.74) is 4.01. The molecule has 1 fully saturated rings. The van der Waals surface area contributed by atoms with Crippen LogP contribution in [0.4, 0.5) is 24.7 Å². The number of halogens is 3. The first kappa shape index (κ1) is 28.4. The Kier molecular flexibility index (Phi) is 8.58. The maximum Gasteiger partial charge on any atom is 0.448 e. The van der Waals surface area contributed by atoms with Gasteiger partial charge >= 0.3 is 6.18 Å². The van der Waals surface area contributed by atoms with E-state index in [4.69, 9.17) is 14.8 Å². The number of rotatable bonds is 5. The molecule has 40 heavy (non-hydrogen) atoms. The lowest BCUT2D eigenvalue weighted by atomic mass is 10.1. The van der Waals surface area contributed by atoms with Gasteiger partial charge < -0.3 is 29.9 Å². The van der Waals surface area contributed by atoms with Gasteiger partial charge in [0.25, 0.3) is 5.91 Å². The molecular weight excluding hydrogens is 525 g/mol. The van der Waals surface area contributed by atoms with E-state index in [0.717, 1.165) is 54.2 Å². The zero-order valence-electron chi connectivity index (χ0n) is 22.0. The summed E-state index contributed by atoms with van der Waals surface area (Å²) in [5.74, 6) is -0.573. The van der Waals surface area contributed by atoms with E-state index in [1.54, 1.807) is 25.6 Å². The molecule has 0 spiro atoms. The van der Waals surface area contributed by atoms with Crippen LogP contribution in [0.15, 0.2) is 73.3 Å². The Bertz CT molecular complexity index is 1460. The van der Waals surface area contributed by atoms with Crippen molar-refractivity contribution < 1.29 is 27.8 Å². The van der Waals surface area contributed by atoms with Crippen LogP contribution in [-0.2, 0) is 0 Å². The number of methoxy groups -OCH3 is 1. The van der Waals surface area contributed by atoms with Gasteiger partial charge in [0.2, 0.25) is 0 Å². The number of hydrogen-bond donors (Lipinski definition) is 3. The monoisotopic (exact) mass is 554 g/mol. The highest BCUT2D eigenvalue weighted by Gasteiger charge is 2.31. The number of alkyl halides is 3. The van der Waals surface area contributed by atoms with Crippen LogP contribution in [0, 0.1) is 0 Å². The van der Waals surface area contributed by atoms with Gasteiger partial charge in [0.05, 0.1) is 30.9 Å². The van der Waals surface area contributed by atoms with Crippen molar-refractivity contribution in [3.05, 3.63) is 78.8 Å². The number of nitrogens with zero attached hydrogens (tertiary/aromatic N) is 4. The molecule has 0 bridgehead atoms. The van der Waals surface area contributed by atoms with Crippen molar-refractivity contribution >= 4 is 28.3 Å². The Balaban J connectivity index is 0.000000470. The third kappa shape index (κ3) is 6.89. The zero-order valence-corrected chi connectivity index (χ0v) is 22.0. The Morgan fingerprint density at radius 2 is 1.80 bits per heavy atom. The molecule has 1 amide bonds. The van der Waals surface area contributed by atoms with Gasteiger partial charge in [-0.25, -0.2) is 4.98 Å². The van der Waals surface area contributed by atoms with Crippen molar-refractivity contribution in [1.82, 2.24) is 24.8 Å². The standard InChI is InChI=1S/C25H26N6O2.C3H3F3O/c1-30-9-11-31(12-10-30)25(32)18-7-8-20(23(14-18)33-2)28-24-16-26-15-22(29-24)21-13-17-5-3-4-6-19(17)27-21;1-2(7)3(4,5)6/h3-8,13-16,27H,9-12H2,1-2H3,(H,28,29);7H,1H2. The molecule has 0 radical (unpaired) electrons. The number of likely N-dealkylation sites (N-methyl/N-ethyl adjacent to an activating group) is 1. The summed E-state index contributed by atoms with van der Waals surface area (Å²) in [6.07, 6.45) is -1.25. The van der Waals surface area contributed by atoms with Crippen LogP contribution in [-0.4, -0.2) is 82.3 Å². The van der Waals surface area contributed by atoms with E-state index >= 15 is 0 Å². The number of aliphatic hydroxyl groups excluding tert-OH is 1. The molecule has 5 rings (SSSR count). The molecule has 4 aromatic rings. The number of allylic oxidation sites excluding steroid dienone is 1. The Morgan fingerprint density at radius 1 is 1.10 bits per heavy atom. The first-order chi connectivity index (χ1) is 19.0. The number of aliphatic hydroxyl groups is 1. The largest absolute Gasteiger partial charge is 0.505 e. The Morgan fingerprint density at radius 3 is 2.45 bits per heavy atom. The van der Waals surface area contributed by atoms with Crippen molar-refractivity contribution in [3.63, 3.8) is 0 Å². The normalized spacial score (nSPS) is 13.9. The van der Waals surface area contributed by atoms with E-state index in [1.807, 2.05) is 35.2 Å². The molecule has 0 atom stereocenters.